The number of benzene rings is 2. The molecule has 0 aliphatic rings. The smallest absolute Gasteiger partial charge is 0.414 e. The summed E-state index contributed by atoms with van der Waals surface area (Å²) in [6.45, 7) is 1.67. The fourth-order valence-corrected chi connectivity index (χ4v) is 3.80. The predicted octanol–water partition coefficient (Wildman–Crippen LogP) is 4.54. The van der Waals surface area contributed by atoms with E-state index in [4.69, 9.17) is 4.74 Å². The minimum Gasteiger partial charge on any atom is -0.506 e. The number of phenolic OH excluding ortho intramolecular Hbond substituents is 1. The molecular formula is C19H19Br2NO5. The molecule has 0 bridgehead atoms. The maximum Gasteiger partial charge on any atom is 0.414 e. The average Bonchev–Trinajstić information content (AvgIpc) is 2.63. The van der Waals surface area contributed by atoms with Gasteiger partial charge in [-0.3, -0.25) is 10.1 Å². The number of halogens is 2. The average molecular weight is 501 g/mol. The summed E-state index contributed by atoms with van der Waals surface area (Å²) in [6.07, 6.45) is -1.46. The first-order valence-corrected chi connectivity index (χ1v) is 9.77. The number of imide groups is 1. The molecule has 0 radical (unpaired) electrons. The molecule has 0 aliphatic heterocycles. The van der Waals surface area contributed by atoms with Gasteiger partial charge in [0.1, 0.15) is 11.9 Å². The standard InChI is InChI=1S/C19H19Br2NO5/c1-11(7-8-23)17(14-9-13(20)10-15(21)16(14)24)27-19(26)22-18(25)12-5-3-2-4-6-12/h2-6,9-11,17,23-24H,7-8H2,1H3,(H,22,25,26)/t11-,17-/m1/s1. The molecule has 2 atom stereocenters. The van der Waals surface area contributed by atoms with Gasteiger partial charge in [-0.15, -0.1) is 0 Å². The number of aliphatic hydroxyl groups is 1. The van der Waals surface area contributed by atoms with Crippen molar-refractivity contribution in [3.05, 3.63) is 62.5 Å². The van der Waals surface area contributed by atoms with E-state index >= 15 is 0 Å². The summed E-state index contributed by atoms with van der Waals surface area (Å²) in [4.78, 5) is 24.4. The highest BCUT2D eigenvalue weighted by atomic mass is 79.9. The summed E-state index contributed by atoms with van der Waals surface area (Å²) >= 11 is 6.59. The number of ether oxygens (including phenoxy) is 1. The molecule has 0 saturated carbocycles. The van der Waals surface area contributed by atoms with Gasteiger partial charge in [0, 0.05) is 22.2 Å². The minimum absolute atomic E-state index is 0.0739. The third-order valence-corrected chi connectivity index (χ3v) is 5.01. The number of carbonyl (C=O) groups is 2. The van der Waals surface area contributed by atoms with E-state index in [0.29, 0.717) is 26.5 Å². The molecule has 0 spiro atoms. The van der Waals surface area contributed by atoms with Gasteiger partial charge >= 0.3 is 6.09 Å². The van der Waals surface area contributed by atoms with Crippen LogP contribution in [0.5, 0.6) is 5.75 Å². The maximum atomic E-state index is 12.3. The van der Waals surface area contributed by atoms with Crippen molar-refractivity contribution in [2.75, 3.05) is 6.61 Å². The number of aliphatic hydroxyl groups excluding tert-OH is 1. The van der Waals surface area contributed by atoms with Gasteiger partial charge in [-0.05, 0) is 52.5 Å². The lowest BCUT2D eigenvalue weighted by Gasteiger charge is -2.25. The molecule has 2 aromatic rings. The lowest BCUT2D eigenvalue weighted by atomic mass is 9.94. The van der Waals surface area contributed by atoms with Crippen LogP contribution in [0, 0.1) is 5.92 Å². The Hall–Kier alpha value is -1.90. The molecule has 27 heavy (non-hydrogen) atoms. The van der Waals surface area contributed by atoms with E-state index in [1.807, 2.05) is 0 Å². The number of nitrogens with one attached hydrogen (secondary N) is 1. The predicted molar refractivity (Wildman–Crippen MR) is 108 cm³/mol. The van der Waals surface area contributed by atoms with E-state index < -0.39 is 18.1 Å². The highest BCUT2D eigenvalue weighted by Crippen LogP contribution is 2.40. The number of hydrogen-bond acceptors (Lipinski definition) is 5. The van der Waals surface area contributed by atoms with E-state index in [1.54, 1.807) is 49.4 Å². The van der Waals surface area contributed by atoms with Crippen LogP contribution in [-0.2, 0) is 4.74 Å². The Labute approximate surface area is 173 Å². The first kappa shape index (κ1) is 21.4. The summed E-state index contributed by atoms with van der Waals surface area (Å²) in [5.41, 5.74) is 0.682. The molecule has 2 aromatic carbocycles. The van der Waals surface area contributed by atoms with Gasteiger partial charge in [-0.2, -0.15) is 0 Å². The molecular weight excluding hydrogens is 482 g/mol. The highest BCUT2D eigenvalue weighted by molar-refractivity contribution is 9.11. The van der Waals surface area contributed by atoms with Crippen LogP contribution in [0.4, 0.5) is 4.79 Å². The van der Waals surface area contributed by atoms with Gasteiger partial charge in [0.05, 0.1) is 4.47 Å². The summed E-state index contributed by atoms with van der Waals surface area (Å²) in [5.74, 6) is -0.969. The quantitative estimate of drug-likeness (QED) is 0.541. The van der Waals surface area contributed by atoms with Crippen LogP contribution < -0.4 is 5.32 Å². The van der Waals surface area contributed by atoms with Crippen molar-refractivity contribution in [3.8, 4) is 5.75 Å². The fraction of sp³-hybridized carbons (Fsp3) is 0.263. The number of phenols is 1. The Balaban J connectivity index is 2.22. The molecule has 8 heteroatoms. The fourth-order valence-electron chi connectivity index (χ4n) is 2.54. The molecule has 0 aromatic heterocycles. The largest absolute Gasteiger partial charge is 0.506 e. The molecule has 0 heterocycles. The Kier molecular flexibility index (Phi) is 7.82. The lowest BCUT2D eigenvalue weighted by molar-refractivity contribution is 0.0532. The summed E-state index contributed by atoms with van der Waals surface area (Å²) in [6, 6.07) is 11.6. The number of aromatic hydroxyl groups is 1. The van der Waals surface area contributed by atoms with Crippen LogP contribution in [0.25, 0.3) is 0 Å². The zero-order chi connectivity index (χ0) is 20.0. The van der Waals surface area contributed by atoms with Crippen molar-refractivity contribution in [3.63, 3.8) is 0 Å². The van der Waals surface area contributed by atoms with E-state index in [1.165, 1.54) is 0 Å². The zero-order valence-electron chi connectivity index (χ0n) is 14.5. The zero-order valence-corrected chi connectivity index (χ0v) is 17.7. The van der Waals surface area contributed by atoms with Crippen molar-refractivity contribution in [1.29, 1.82) is 0 Å². The Bertz CT molecular complexity index is 813. The van der Waals surface area contributed by atoms with Crippen molar-refractivity contribution < 1.29 is 24.5 Å². The molecule has 0 unspecified atom stereocenters. The SMILES string of the molecule is C[C@H](CCO)[C@@H](OC(=O)NC(=O)c1ccccc1)c1cc(Br)cc(Br)c1O. The van der Waals surface area contributed by atoms with Gasteiger partial charge < -0.3 is 14.9 Å². The first-order valence-electron chi connectivity index (χ1n) is 8.19. The van der Waals surface area contributed by atoms with Crippen LogP contribution >= 0.6 is 31.9 Å². The maximum absolute atomic E-state index is 12.3. The molecule has 2 rings (SSSR count). The first-order chi connectivity index (χ1) is 12.8. The number of rotatable bonds is 6. The van der Waals surface area contributed by atoms with Crippen LogP contribution in [0.15, 0.2) is 51.4 Å². The monoisotopic (exact) mass is 499 g/mol. The third-order valence-electron chi connectivity index (χ3n) is 3.95. The Morgan fingerprint density at radius 2 is 1.85 bits per heavy atom. The number of carbonyl (C=O) groups excluding carboxylic acids is 2. The van der Waals surface area contributed by atoms with Gasteiger partial charge in [-0.25, -0.2) is 4.79 Å². The van der Waals surface area contributed by atoms with E-state index in [-0.39, 0.29) is 18.3 Å². The molecule has 0 saturated heterocycles. The molecule has 0 fully saturated rings. The molecule has 3 N–H and O–H groups in total. The molecule has 6 nitrogen and oxygen atoms in total. The van der Waals surface area contributed by atoms with Gasteiger partial charge in [0.2, 0.25) is 0 Å². The van der Waals surface area contributed by atoms with Gasteiger partial charge in [0.25, 0.3) is 5.91 Å². The molecule has 144 valence electrons. The summed E-state index contributed by atoms with van der Waals surface area (Å²) in [7, 11) is 0. The van der Waals surface area contributed by atoms with Crippen LogP contribution in [-0.4, -0.2) is 28.8 Å². The summed E-state index contributed by atoms with van der Waals surface area (Å²) in [5, 5.41) is 21.8. The van der Waals surface area contributed by atoms with Crippen molar-refractivity contribution in [2.24, 2.45) is 5.92 Å². The Morgan fingerprint density at radius 3 is 2.48 bits per heavy atom. The number of amides is 2. The topological polar surface area (TPSA) is 95.9 Å². The second kappa shape index (κ2) is 9.87. The van der Waals surface area contributed by atoms with Crippen molar-refractivity contribution >= 4 is 43.9 Å². The van der Waals surface area contributed by atoms with Crippen LogP contribution in [0.3, 0.4) is 0 Å². The number of hydrogen-bond donors (Lipinski definition) is 3. The van der Waals surface area contributed by atoms with Gasteiger partial charge in [0.15, 0.2) is 0 Å². The van der Waals surface area contributed by atoms with Crippen molar-refractivity contribution in [2.45, 2.75) is 19.4 Å². The van der Waals surface area contributed by atoms with E-state index in [9.17, 15) is 19.8 Å². The minimum atomic E-state index is -0.936. The summed E-state index contributed by atoms with van der Waals surface area (Å²) < 4.78 is 6.55. The second-order valence-electron chi connectivity index (χ2n) is 5.96. The van der Waals surface area contributed by atoms with E-state index in [0.717, 1.165) is 0 Å². The van der Waals surface area contributed by atoms with Crippen LogP contribution in [0.2, 0.25) is 0 Å². The normalized spacial score (nSPS) is 12.9. The van der Waals surface area contributed by atoms with Gasteiger partial charge in [-0.1, -0.05) is 41.1 Å². The second-order valence-corrected chi connectivity index (χ2v) is 7.73. The van der Waals surface area contributed by atoms with E-state index in [2.05, 4.69) is 37.2 Å². The molecule has 0 aliphatic carbocycles. The molecule has 2 amide bonds. The Morgan fingerprint density at radius 1 is 1.19 bits per heavy atom. The lowest BCUT2D eigenvalue weighted by Crippen LogP contribution is -2.33. The third kappa shape index (κ3) is 5.79. The highest BCUT2D eigenvalue weighted by Gasteiger charge is 2.28. The van der Waals surface area contributed by atoms with Crippen LogP contribution in [0.1, 0.15) is 35.4 Å². The van der Waals surface area contributed by atoms with Crippen molar-refractivity contribution in [1.82, 2.24) is 5.32 Å². The number of alkyl carbamates (subject to hydrolysis) is 1.